The van der Waals surface area contributed by atoms with E-state index >= 15 is 0 Å². The van der Waals surface area contributed by atoms with Gasteiger partial charge in [0, 0.05) is 31.9 Å². The molecule has 0 spiro atoms. The van der Waals surface area contributed by atoms with Gasteiger partial charge in [0.2, 0.25) is 0 Å². The molecule has 6 nitrogen and oxygen atoms in total. The number of benzene rings is 1. The maximum absolute atomic E-state index is 12.6. The molecule has 1 amide bonds. The zero-order valence-electron chi connectivity index (χ0n) is 15.0. The summed E-state index contributed by atoms with van der Waals surface area (Å²) in [4.78, 5) is 21.1. The molecule has 0 unspecified atom stereocenters. The molecular formula is C19H23ClN4O2. The van der Waals surface area contributed by atoms with Crippen LogP contribution in [-0.4, -0.2) is 60.5 Å². The highest BCUT2D eigenvalue weighted by Crippen LogP contribution is 2.28. The van der Waals surface area contributed by atoms with E-state index in [1.165, 1.54) is 0 Å². The normalized spacial score (nSPS) is 15.0. The molecule has 3 rings (SSSR count). The molecule has 2 heterocycles. The number of pyridine rings is 1. The molecule has 0 atom stereocenters. The monoisotopic (exact) mass is 374 g/mol. The number of amides is 1. The van der Waals surface area contributed by atoms with Crippen molar-refractivity contribution in [3.05, 3.63) is 47.2 Å². The van der Waals surface area contributed by atoms with Crippen molar-refractivity contribution in [2.45, 2.75) is 6.92 Å². The number of carbonyl (C=O) groups excluding carboxylic acids is 1. The number of likely N-dealkylation sites (N-methyl/N-ethyl adjacent to an activating group) is 1. The molecule has 138 valence electrons. The number of carbonyl (C=O) groups is 1. The Hall–Kier alpha value is -2.31. The smallest absolute Gasteiger partial charge is 0.272 e. The lowest BCUT2D eigenvalue weighted by molar-refractivity contribution is 0.0637. The summed E-state index contributed by atoms with van der Waals surface area (Å²) in [5.74, 6) is 0.610. The molecule has 0 aliphatic carbocycles. The van der Waals surface area contributed by atoms with Gasteiger partial charge in [-0.25, -0.2) is 4.98 Å². The Morgan fingerprint density at radius 2 is 1.92 bits per heavy atom. The first-order chi connectivity index (χ1) is 12.6. The summed E-state index contributed by atoms with van der Waals surface area (Å²) in [5, 5.41) is 3.75. The molecule has 0 radical (unpaired) electrons. The zero-order chi connectivity index (χ0) is 18.5. The molecular weight excluding hydrogens is 352 g/mol. The van der Waals surface area contributed by atoms with E-state index in [1.807, 2.05) is 17.0 Å². The number of piperazine rings is 1. The number of rotatable bonds is 5. The molecule has 0 saturated carbocycles. The quantitative estimate of drug-likeness (QED) is 0.870. The van der Waals surface area contributed by atoms with Crippen molar-refractivity contribution in [3.8, 4) is 5.75 Å². The van der Waals surface area contributed by atoms with Gasteiger partial charge in [-0.15, -0.1) is 0 Å². The van der Waals surface area contributed by atoms with Gasteiger partial charge in [0.15, 0.2) is 0 Å². The predicted molar refractivity (Wildman–Crippen MR) is 104 cm³/mol. The third-order valence-corrected chi connectivity index (χ3v) is 4.83. The van der Waals surface area contributed by atoms with Gasteiger partial charge in [-0.2, -0.15) is 0 Å². The number of nitrogens with one attached hydrogen (secondary N) is 1. The van der Waals surface area contributed by atoms with E-state index in [9.17, 15) is 4.79 Å². The first-order valence-electron chi connectivity index (χ1n) is 8.69. The molecule has 1 aliphatic heterocycles. The van der Waals surface area contributed by atoms with Crippen LogP contribution in [0.3, 0.4) is 0 Å². The van der Waals surface area contributed by atoms with E-state index < -0.39 is 0 Å². The van der Waals surface area contributed by atoms with Crippen LogP contribution in [0.1, 0.15) is 17.4 Å². The van der Waals surface area contributed by atoms with Gasteiger partial charge in [0.1, 0.15) is 11.4 Å². The van der Waals surface area contributed by atoms with E-state index in [-0.39, 0.29) is 5.91 Å². The lowest BCUT2D eigenvalue weighted by Gasteiger charge is -2.33. The molecule has 1 N–H and O–H groups in total. The number of aromatic nitrogens is 1. The number of anilines is 2. The molecule has 1 aromatic heterocycles. The van der Waals surface area contributed by atoms with Crippen LogP contribution in [0.25, 0.3) is 0 Å². The minimum atomic E-state index is -0.0141. The van der Waals surface area contributed by atoms with E-state index in [0.717, 1.165) is 44.1 Å². The molecule has 1 aliphatic rings. The van der Waals surface area contributed by atoms with Gasteiger partial charge in [-0.3, -0.25) is 4.79 Å². The van der Waals surface area contributed by atoms with Crippen molar-refractivity contribution in [1.82, 2.24) is 14.8 Å². The molecule has 1 aromatic carbocycles. The minimum Gasteiger partial charge on any atom is -0.495 e. The van der Waals surface area contributed by atoms with E-state index in [4.69, 9.17) is 16.3 Å². The average molecular weight is 375 g/mol. The van der Waals surface area contributed by atoms with Crippen molar-refractivity contribution in [1.29, 1.82) is 0 Å². The summed E-state index contributed by atoms with van der Waals surface area (Å²) in [6.45, 7) is 6.49. The van der Waals surface area contributed by atoms with Gasteiger partial charge in [0.05, 0.1) is 24.0 Å². The minimum absolute atomic E-state index is 0.0141. The van der Waals surface area contributed by atoms with E-state index in [2.05, 4.69) is 22.1 Å². The highest BCUT2D eigenvalue weighted by Gasteiger charge is 2.22. The van der Waals surface area contributed by atoms with Crippen molar-refractivity contribution < 1.29 is 9.53 Å². The number of nitrogens with zero attached hydrogens (tertiary/aromatic N) is 3. The summed E-state index contributed by atoms with van der Waals surface area (Å²) < 4.78 is 5.15. The summed E-state index contributed by atoms with van der Waals surface area (Å²) in [7, 11) is 1.58. The number of ether oxygens (including phenoxy) is 1. The summed E-state index contributed by atoms with van der Waals surface area (Å²) >= 11 is 6.14. The van der Waals surface area contributed by atoms with Crippen LogP contribution in [0.2, 0.25) is 5.02 Å². The fraction of sp³-hybridized carbons (Fsp3) is 0.368. The van der Waals surface area contributed by atoms with Crippen molar-refractivity contribution in [3.63, 3.8) is 0 Å². The topological polar surface area (TPSA) is 57.7 Å². The first kappa shape index (κ1) is 18.5. The molecule has 1 saturated heterocycles. The second-order valence-electron chi connectivity index (χ2n) is 6.13. The first-order valence-corrected chi connectivity index (χ1v) is 9.06. The van der Waals surface area contributed by atoms with E-state index in [1.54, 1.807) is 31.5 Å². The van der Waals surface area contributed by atoms with Crippen molar-refractivity contribution in [2.75, 3.05) is 45.2 Å². The zero-order valence-corrected chi connectivity index (χ0v) is 15.8. The van der Waals surface area contributed by atoms with Crippen LogP contribution >= 0.6 is 11.6 Å². The second-order valence-corrected chi connectivity index (χ2v) is 6.54. The predicted octanol–water partition coefficient (Wildman–Crippen LogP) is 3.26. The van der Waals surface area contributed by atoms with Gasteiger partial charge in [-0.05, 0) is 36.9 Å². The number of hydrogen-bond acceptors (Lipinski definition) is 5. The fourth-order valence-corrected chi connectivity index (χ4v) is 3.19. The van der Waals surface area contributed by atoms with Gasteiger partial charge < -0.3 is 19.9 Å². The van der Waals surface area contributed by atoms with Crippen LogP contribution in [0.4, 0.5) is 11.4 Å². The maximum atomic E-state index is 12.6. The Morgan fingerprint density at radius 3 is 2.50 bits per heavy atom. The van der Waals surface area contributed by atoms with Crippen LogP contribution < -0.4 is 10.1 Å². The number of hydrogen-bond donors (Lipinski definition) is 1. The lowest BCUT2D eigenvalue weighted by atomic mass is 10.2. The molecule has 0 bridgehead atoms. The number of halogens is 1. The summed E-state index contributed by atoms with van der Waals surface area (Å²) in [6.07, 6.45) is 1.66. The Kier molecular flexibility index (Phi) is 5.96. The maximum Gasteiger partial charge on any atom is 0.272 e. The largest absolute Gasteiger partial charge is 0.495 e. The van der Waals surface area contributed by atoms with Crippen molar-refractivity contribution in [2.24, 2.45) is 0 Å². The van der Waals surface area contributed by atoms with Crippen molar-refractivity contribution >= 4 is 28.9 Å². The highest BCUT2D eigenvalue weighted by atomic mass is 35.5. The standard InChI is InChI=1S/C19H23ClN4O2/c1-3-23-8-10-24(11-9-23)19(25)17-6-4-15(13-21-17)22-14-5-7-18(26-2)16(20)12-14/h4-7,12-13,22H,3,8-11H2,1-2H3. The second kappa shape index (κ2) is 8.38. The van der Waals surface area contributed by atoms with Crippen LogP contribution in [-0.2, 0) is 0 Å². The van der Waals surface area contributed by atoms with Gasteiger partial charge in [-0.1, -0.05) is 18.5 Å². The Balaban J connectivity index is 1.63. The molecule has 2 aromatic rings. The molecule has 7 heteroatoms. The Morgan fingerprint density at radius 1 is 1.19 bits per heavy atom. The molecule has 26 heavy (non-hydrogen) atoms. The third-order valence-electron chi connectivity index (χ3n) is 4.53. The Labute approximate surface area is 158 Å². The SMILES string of the molecule is CCN1CCN(C(=O)c2ccc(Nc3ccc(OC)c(Cl)c3)cn2)CC1. The van der Waals surface area contributed by atoms with Crippen LogP contribution in [0.5, 0.6) is 5.75 Å². The molecule has 1 fully saturated rings. The third kappa shape index (κ3) is 4.26. The van der Waals surface area contributed by atoms with Gasteiger partial charge >= 0.3 is 0 Å². The fourth-order valence-electron chi connectivity index (χ4n) is 2.93. The van der Waals surface area contributed by atoms with Crippen LogP contribution in [0, 0.1) is 0 Å². The summed E-state index contributed by atoms with van der Waals surface area (Å²) in [5.41, 5.74) is 2.08. The number of methoxy groups -OCH3 is 1. The van der Waals surface area contributed by atoms with E-state index in [0.29, 0.717) is 16.5 Å². The average Bonchev–Trinajstić information content (AvgIpc) is 2.68. The lowest BCUT2D eigenvalue weighted by Crippen LogP contribution is -2.48. The van der Waals surface area contributed by atoms with Gasteiger partial charge in [0.25, 0.3) is 5.91 Å². The van der Waals surface area contributed by atoms with Crippen LogP contribution in [0.15, 0.2) is 36.5 Å². The Bertz CT molecular complexity index is 759. The highest BCUT2D eigenvalue weighted by molar-refractivity contribution is 6.32. The summed E-state index contributed by atoms with van der Waals surface area (Å²) in [6, 6.07) is 9.05.